The molecule has 2 atom stereocenters. The van der Waals surface area contributed by atoms with Crippen LogP contribution < -0.4 is 5.73 Å². The second-order valence-electron chi connectivity index (χ2n) is 5.84. The van der Waals surface area contributed by atoms with Crippen LogP contribution in [0.25, 0.3) is 0 Å². The first kappa shape index (κ1) is 15.9. The highest BCUT2D eigenvalue weighted by molar-refractivity contribution is 9.10. The lowest BCUT2D eigenvalue weighted by Gasteiger charge is -2.38. The van der Waals surface area contributed by atoms with Crippen LogP contribution in [0.4, 0.5) is 0 Å². The maximum atomic E-state index is 6.47. The van der Waals surface area contributed by atoms with Gasteiger partial charge in [0, 0.05) is 38.3 Å². The van der Waals surface area contributed by atoms with Crippen molar-refractivity contribution in [2.24, 2.45) is 5.73 Å². The first-order chi connectivity index (χ1) is 9.52. The van der Waals surface area contributed by atoms with Gasteiger partial charge in [-0.15, -0.1) is 0 Å². The fraction of sp³-hybridized carbons (Fsp3) is 0.786. The maximum absolute atomic E-state index is 6.47. The minimum Gasteiger partial charge on any atom is -0.323 e. The Morgan fingerprint density at radius 1 is 1.45 bits per heavy atom. The highest BCUT2D eigenvalue weighted by Crippen LogP contribution is 2.26. The van der Waals surface area contributed by atoms with Crippen molar-refractivity contribution < 1.29 is 0 Å². The second kappa shape index (κ2) is 7.02. The summed E-state index contributed by atoms with van der Waals surface area (Å²) in [6.45, 7) is 6.43. The lowest BCUT2D eigenvalue weighted by Crippen LogP contribution is -2.50. The van der Waals surface area contributed by atoms with Gasteiger partial charge in [-0.3, -0.25) is 4.68 Å². The zero-order valence-electron chi connectivity index (χ0n) is 12.7. The third kappa shape index (κ3) is 3.61. The summed E-state index contributed by atoms with van der Waals surface area (Å²) >= 11 is 3.59. The van der Waals surface area contributed by atoms with Gasteiger partial charge in [0.05, 0.1) is 16.4 Å². The molecule has 0 aromatic carbocycles. The number of halogens is 1. The lowest BCUT2D eigenvalue weighted by atomic mass is 10.0. The number of nitrogens with zero attached hydrogens (tertiary/aromatic N) is 4. The zero-order valence-corrected chi connectivity index (χ0v) is 14.3. The molecule has 0 saturated carbocycles. The van der Waals surface area contributed by atoms with E-state index >= 15 is 0 Å². The molecule has 0 spiro atoms. The van der Waals surface area contributed by atoms with E-state index in [1.165, 1.54) is 0 Å². The first-order valence-corrected chi connectivity index (χ1v) is 8.17. The Morgan fingerprint density at radius 3 is 2.90 bits per heavy atom. The quantitative estimate of drug-likeness (QED) is 0.883. The van der Waals surface area contributed by atoms with Crippen molar-refractivity contribution in [3.63, 3.8) is 0 Å². The van der Waals surface area contributed by atoms with Gasteiger partial charge < -0.3 is 15.5 Å². The van der Waals surface area contributed by atoms with Crippen LogP contribution >= 0.6 is 15.9 Å². The molecule has 20 heavy (non-hydrogen) atoms. The number of rotatable bonds is 5. The summed E-state index contributed by atoms with van der Waals surface area (Å²) in [5.41, 5.74) is 7.61. The van der Waals surface area contributed by atoms with Crippen LogP contribution in [0.2, 0.25) is 0 Å². The normalized spacial score (nSPS) is 23.1. The maximum Gasteiger partial charge on any atom is 0.0694 e. The Morgan fingerprint density at radius 2 is 2.20 bits per heavy atom. The summed E-state index contributed by atoms with van der Waals surface area (Å²) in [6.07, 6.45) is 3.90. The highest BCUT2D eigenvalue weighted by Gasteiger charge is 2.26. The van der Waals surface area contributed by atoms with Crippen LogP contribution in [-0.4, -0.2) is 59.4 Å². The van der Waals surface area contributed by atoms with E-state index in [2.05, 4.69) is 51.8 Å². The van der Waals surface area contributed by atoms with Gasteiger partial charge in [0.25, 0.3) is 0 Å². The van der Waals surface area contributed by atoms with Gasteiger partial charge in [-0.1, -0.05) is 6.92 Å². The third-order valence-electron chi connectivity index (χ3n) is 4.13. The van der Waals surface area contributed by atoms with E-state index in [1.54, 1.807) is 0 Å². The summed E-state index contributed by atoms with van der Waals surface area (Å²) in [7, 11) is 4.38. The molecule has 0 bridgehead atoms. The van der Waals surface area contributed by atoms with Crippen molar-refractivity contribution in [1.29, 1.82) is 0 Å². The fourth-order valence-corrected chi connectivity index (χ4v) is 3.48. The molecule has 5 nitrogen and oxygen atoms in total. The summed E-state index contributed by atoms with van der Waals surface area (Å²) in [4.78, 5) is 4.81. The SMILES string of the molecule is CCCn1ncc(Br)c1C(N)CC1CN(C)CCN1C. The number of hydrogen-bond acceptors (Lipinski definition) is 4. The standard InChI is InChI=1S/C14H26BrN5/c1-4-5-20-14(12(15)9-17-20)13(16)8-11-10-18(2)6-7-19(11)3/h9,11,13H,4-8,10,16H2,1-3H3. The third-order valence-corrected chi connectivity index (χ3v) is 4.74. The van der Waals surface area contributed by atoms with E-state index in [9.17, 15) is 0 Å². The Labute approximate surface area is 130 Å². The fourth-order valence-electron chi connectivity index (χ4n) is 2.89. The Bertz CT molecular complexity index is 433. The van der Waals surface area contributed by atoms with Crippen LogP contribution in [0, 0.1) is 0 Å². The number of aromatic nitrogens is 2. The van der Waals surface area contributed by atoms with Crippen LogP contribution in [-0.2, 0) is 6.54 Å². The van der Waals surface area contributed by atoms with E-state index in [4.69, 9.17) is 5.73 Å². The van der Waals surface area contributed by atoms with Crippen LogP contribution in [0.3, 0.4) is 0 Å². The molecular weight excluding hydrogens is 318 g/mol. The van der Waals surface area contributed by atoms with Crippen molar-refractivity contribution in [3.05, 3.63) is 16.4 Å². The molecule has 1 saturated heterocycles. The molecule has 2 heterocycles. The van der Waals surface area contributed by atoms with Gasteiger partial charge in [0.2, 0.25) is 0 Å². The number of piperazine rings is 1. The topological polar surface area (TPSA) is 50.3 Å². The van der Waals surface area contributed by atoms with Crippen LogP contribution in [0.1, 0.15) is 31.5 Å². The molecule has 2 N–H and O–H groups in total. The van der Waals surface area contributed by atoms with Gasteiger partial charge in [-0.2, -0.15) is 5.10 Å². The van der Waals surface area contributed by atoms with Gasteiger partial charge >= 0.3 is 0 Å². The number of nitrogens with two attached hydrogens (primary N) is 1. The van der Waals surface area contributed by atoms with Crippen LogP contribution in [0.5, 0.6) is 0 Å². The van der Waals surface area contributed by atoms with Crippen molar-refractivity contribution in [2.75, 3.05) is 33.7 Å². The summed E-state index contributed by atoms with van der Waals surface area (Å²) in [5, 5.41) is 4.42. The Balaban J connectivity index is 2.07. The number of likely N-dealkylation sites (N-methyl/N-ethyl adjacent to an activating group) is 2. The molecule has 1 aliphatic heterocycles. The summed E-state index contributed by atoms with van der Waals surface area (Å²) in [5.74, 6) is 0. The highest BCUT2D eigenvalue weighted by atomic mass is 79.9. The van der Waals surface area contributed by atoms with Gasteiger partial charge in [-0.05, 0) is 42.9 Å². The van der Waals surface area contributed by atoms with Crippen molar-refractivity contribution in [1.82, 2.24) is 19.6 Å². The molecule has 114 valence electrons. The van der Waals surface area contributed by atoms with Crippen LogP contribution in [0.15, 0.2) is 10.7 Å². The van der Waals surface area contributed by atoms with E-state index in [-0.39, 0.29) is 6.04 Å². The molecule has 0 aliphatic carbocycles. The Kier molecular flexibility index (Phi) is 5.60. The molecule has 0 radical (unpaired) electrons. The van der Waals surface area contributed by atoms with Crippen molar-refractivity contribution in [3.8, 4) is 0 Å². The predicted octanol–water partition coefficient (Wildman–Crippen LogP) is 1.69. The average molecular weight is 344 g/mol. The summed E-state index contributed by atoms with van der Waals surface area (Å²) < 4.78 is 3.08. The molecule has 1 aromatic heterocycles. The smallest absolute Gasteiger partial charge is 0.0694 e. The molecule has 1 aliphatic rings. The average Bonchev–Trinajstić information content (AvgIpc) is 2.75. The number of aryl methyl sites for hydroxylation is 1. The first-order valence-electron chi connectivity index (χ1n) is 7.38. The molecular formula is C14H26BrN5. The van der Waals surface area contributed by atoms with E-state index < -0.39 is 0 Å². The molecule has 0 amide bonds. The van der Waals surface area contributed by atoms with Crippen molar-refractivity contribution >= 4 is 15.9 Å². The van der Waals surface area contributed by atoms with E-state index in [0.29, 0.717) is 6.04 Å². The minimum atomic E-state index is 0.0253. The number of hydrogen-bond donors (Lipinski definition) is 1. The van der Waals surface area contributed by atoms with Gasteiger partial charge in [0.15, 0.2) is 0 Å². The van der Waals surface area contributed by atoms with Gasteiger partial charge in [-0.25, -0.2) is 0 Å². The molecule has 2 unspecified atom stereocenters. The van der Waals surface area contributed by atoms with E-state index in [1.807, 2.05) is 10.9 Å². The summed E-state index contributed by atoms with van der Waals surface area (Å²) in [6, 6.07) is 0.540. The monoisotopic (exact) mass is 343 g/mol. The largest absolute Gasteiger partial charge is 0.323 e. The zero-order chi connectivity index (χ0) is 14.7. The lowest BCUT2D eigenvalue weighted by molar-refractivity contribution is 0.103. The van der Waals surface area contributed by atoms with Crippen molar-refractivity contribution in [2.45, 2.75) is 38.4 Å². The second-order valence-corrected chi connectivity index (χ2v) is 6.69. The Hall–Kier alpha value is -0.430. The molecule has 1 aromatic rings. The molecule has 2 rings (SSSR count). The molecule has 6 heteroatoms. The van der Waals surface area contributed by atoms with Gasteiger partial charge in [0.1, 0.15) is 0 Å². The molecule has 1 fully saturated rings. The van der Waals surface area contributed by atoms with E-state index in [0.717, 1.165) is 49.2 Å². The minimum absolute atomic E-state index is 0.0253. The predicted molar refractivity (Wildman–Crippen MR) is 85.7 cm³/mol.